The molecule has 9 nitrogen and oxygen atoms in total. The van der Waals surface area contributed by atoms with Gasteiger partial charge in [0.25, 0.3) is 5.91 Å². The van der Waals surface area contributed by atoms with Gasteiger partial charge in [0.15, 0.2) is 0 Å². The van der Waals surface area contributed by atoms with Gasteiger partial charge < -0.3 is 20.8 Å². The number of aromatic carboxylic acids is 2. The van der Waals surface area contributed by atoms with Gasteiger partial charge in [0.1, 0.15) is 5.82 Å². The minimum atomic E-state index is -1.42. The molecule has 0 bridgehead atoms. The van der Waals surface area contributed by atoms with Gasteiger partial charge in [-0.3, -0.25) is 9.59 Å². The van der Waals surface area contributed by atoms with Crippen molar-refractivity contribution in [2.24, 2.45) is 0 Å². The highest BCUT2D eigenvalue weighted by Gasteiger charge is 2.19. The standard InChI is InChI=1S/C23H18ClN3O6S/c1-12(20(28)27-19-9-3-14(24)11-25-19)34-16-6-4-15(5-7-16)26-21(29)17-8-2-13(22(30)31)10-18(17)23(32)33/h2-12H,1H3,(H,26,29)(H,30,31)(H,32,33)(H,25,27,28). The second-order valence-corrected chi connectivity index (χ2v) is 8.81. The molecule has 174 valence electrons. The van der Waals surface area contributed by atoms with Gasteiger partial charge in [-0.15, -0.1) is 11.8 Å². The molecule has 0 radical (unpaired) electrons. The maximum absolute atomic E-state index is 12.6. The molecular weight excluding hydrogens is 482 g/mol. The summed E-state index contributed by atoms with van der Waals surface area (Å²) in [6.07, 6.45) is 1.43. The molecule has 11 heteroatoms. The summed E-state index contributed by atoms with van der Waals surface area (Å²) in [5, 5.41) is 23.7. The summed E-state index contributed by atoms with van der Waals surface area (Å²) >= 11 is 7.08. The van der Waals surface area contributed by atoms with Crippen molar-refractivity contribution in [2.75, 3.05) is 10.6 Å². The molecule has 1 atom stereocenters. The second kappa shape index (κ2) is 10.8. The van der Waals surface area contributed by atoms with Crippen LogP contribution in [0.25, 0.3) is 0 Å². The maximum atomic E-state index is 12.6. The highest BCUT2D eigenvalue weighted by molar-refractivity contribution is 8.00. The lowest BCUT2D eigenvalue weighted by atomic mass is 10.0. The van der Waals surface area contributed by atoms with E-state index in [-0.39, 0.29) is 17.0 Å². The summed E-state index contributed by atoms with van der Waals surface area (Å²) in [7, 11) is 0. The number of hydrogen-bond donors (Lipinski definition) is 4. The molecule has 3 aromatic rings. The van der Waals surface area contributed by atoms with Crippen molar-refractivity contribution in [3.05, 3.63) is 82.5 Å². The Morgan fingerprint density at radius 1 is 0.912 bits per heavy atom. The maximum Gasteiger partial charge on any atom is 0.336 e. The van der Waals surface area contributed by atoms with E-state index < -0.39 is 28.7 Å². The van der Waals surface area contributed by atoms with Crippen molar-refractivity contribution in [1.82, 2.24) is 4.98 Å². The lowest BCUT2D eigenvalue weighted by Crippen LogP contribution is -2.22. The first-order chi connectivity index (χ1) is 16.1. The molecule has 2 aromatic carbocycles. The molecule has 0 aliphatic heterocycles. The number of nitrogens with zero attached hydrogens (tertiary/aromatic N) is 1. The van der Waals surface area contributed by atoms with Gasteiger partial charge in [0, 0.05) is 16.8 Å². The molecule has 34 heavy (non-hydrogen) atoms. The number of benzene rings is 2. The molecule has 0 aliphatic rings. The van der Waals surface area contributed by atoms with Crippen molar-refractivity contribution < 1.29 is 29.4 Å². The fourth-order valence-electron chi connectivity index (χ4n) is 2.80. The summed E-state index contributed by atoms with van der Waals surface area (Å²) in [5.41, 5.74) is -0.424. The fourth-order valence-corrected chi connectivity index (χ4v) is 3.78. The van der Waals surface area contributed by atoms with Crippen molar-refractivity contribution in [3.8, 4) is 0 Å². The predicted octanol–water partition coefficient (Wildman–Crippen LogP) is 4.50. The second-order valence-electron chi connectivity index (χ2n) is 6.96. The van der Waals surface area contributed by atoms with E-state index in [0.717, 1.165) is 23.1 Å². The number of carboxylic acids is 2. The van der Waals surface area contributed by atoms with Gasteiger partial charge in [-0.2, -0.15) is 0 Å². The molecule has 0 aliphatic carbocycles. The average molecular weight is 500 g/mol. The lowest BCUT2D eigenvalue weighted by molar-refractivity contribution is -0.115. The van der Waals surface area contributed by atoms with Gasteiger partial charge in [0.2, 0.25) is 5.91 Å². The third-order valence-electron chi connectivity index (χ3n) is 4.51. The normalized spacial score (nSPS) is 11.4. The van der Waals surface area contributed by atoms with Crippen molar-refractivity contribution in [3.63, 3.8) is 0 Å². The van der Waals surface area contributed by atoms with Crippen LogP contribution in [0.2, 0.25) is 5.02 Å². The van der Waals surface area contributed by atoms with Gasteiger partial charge in [-0.1, -0.05) is 11.6 Å². The number of anilines is 2. The number of thioether (sulfide) groups is 1. The van der Waals surface area contributed by atoms with E-state index >= 15 is 0 Å². The number of hydrogen-bond acceptors (Lipinski definition) is 6. The number of nitrogens with one attached hydrogen (secondary N) is 2. The lowest BCUT2D eigenvalue weighted by Gasteiger charge is -2.12. The number of carboxylic acid groups (broad SMARTS) is 2. The summed E-state index contributed by atoms with van der Waals surface area (Å²) in [4.78, 5) is 52.3. The minimum absolute atomic E-state index is 0.169. The van der Waals surface area contributed by atoms with Crippen molar-refractivity contribution in [2.45, 2.75) is 17.1 Å². The van der Waals surface area contributed by atoms with Crippen molar-refractivity contribution in [1.29, 1.82) is 0 Å². The van der Waals surface area contributed by atoms with Crippen LogP contribution in [0.15, 0.2) is 65.7 Å². The fraction of sp³-hybridized carbons (Fsp3) is 0.0870. The molecule has 1 unspecified atom stereocenters. The van der Waals surface area contributed by atoms with Crippen LogP contribution in [-0.4, -0.2) is 44.2 Å². The van der Waals surface area contributed by atoms with Crippen LogP contribution >= 0.6 is 23.4 Å². The first-order valence-corrected chi connectivity index (χ1v) is 11.0. The highest BCUT2D eigenvalue weighted by Crippen LogP contribution is 2.26. The van der Waals surface area contributed by atoms with Gasteiger partial charge >= 0.3 is 11.9 Å². The third-order valence-corrected chi connectivity index (χ3v) is 5.85. The first-order valence-electron chi connectivity index (χ1n) is 9.75. The monoisotopic (exact) mass is 499 g/mol. The van der Waals surface area contributed by atoms with Gasteiger partial charge in [0.05, 0.1) is 27.0 Å². The molecular formula is C23H18ClN3O6S. The van der Waals surface area contributed by atoms with Crippen LogP contribution < -0.4 is 10.6 Å². The number of carbonyl (C=O) groups is 4. The summed E-state index contributed by atoms with van der Waals surface area (Å²) in [6.45, 7) is 1.74. The molecule has 1 aromatic heterocycles. The molecule has 0 fully saturated rings. The number of rotatable bonds is 8. The topological polar surface area (TPSA) is 146 Å². The molecule has 0 spiro atoms. The summed E-state index contributed by atoms with van der Waals surface area (Å²) in [6, 6.07) is 13.1. The van der Waals surface area contributed by atoms with E-state index in [4.69, 9.17) is 16.7 Å². The van der Waals surface area contributed by atoms with Gasteiger partial charge in [-0.05, 0) is 61.5 Å². The van der Waals surface area contributed by atoms with Crippen LogP contribution in [0.3, 0.4) is 0 Å². The van der Waals surface area contributed by atoms with E-state index in [1.165, 1.54) is 18.0 Å². The third kappa shape index (κ3) is 6.33. The molecule has 2 amide bonds. The quantitative estimate of drug-likeness (QED) is 0.331. The number of aromatic nitrogens is 1. The predicted molar refractivity (Wildman–Crippen MR) is 128 cm³/mol. The van der Waals surface area contributed by atoms with Crippen molar-refractivity contribution >= 4 is 58.6 Å². The Labute approximate surface area is 203 Å². The van der Waals surface area contributed by atoms with E-state index in [0.29, 0.717) is 16.5 Å². The molecule has 1 heterocycles. The largest absolute Gasteiger partial charge is 0.478 e. The Hall–Kier alpha value is -3.89. The first kappa shape index (κ1) is 24.7. The number of amides is 2. The zero-order valence-electron chi connectivity index (χ0n) is 17.6. The number of pyridine rings is 1. The Morgan fingerprint density at radius 2 is 1.62 bits per heavy atom. The van der Waals surface area contributed by atoms with Crippen LogP contribution in [0, 0.1) is 0 Å². The Morgan fingerprint density at radius 3 is 2.21 bits per heavy atom. The SMILES string of the molecule is CC(Sc1ccc(NC(=O)c2ccc(C(=O)O)cc2C(=O)O)cc1)C(=O)Nc1ccc(Cl)cn1. The summed E-state index contributed by atoms with van der Waals surface area (Å²) in [5.74, 6) is -3.27. The molecule has 3 rings (SSSR count). The minimum Gasteiger partial charge on any atom is -0.478 e. The zero-order chi connectivity index (χ0) is 24.8. The van der Waals surface area contributed by atoms with E-state index in [1.807, 2.05) is 0 Å². The number of carbonyl (C=O) groups excluding carboxylic acids is 2. The Kier molecular flexibility index (Phi) is 7.87. The number of halogens is 1. The Bertz CT molecular complexity index is 1250. The Balaban J connectivity index is 1.64. The van der Waals surface area contributed by atoms with E-state index in [2.05, 4.69) is 15.6 Å². The molecule has 4 N–H and O–H groups in total. The average Bonchev–Trinajstić information content (AvgIpc) is 2.81. The van der Waals surface area contributed by atoms with Gasteiger partial charge in [-0.25, -0.2) is 14.6 Å². The van der Waals surface area contributed by atoms with E-state index in [1.54, 1.807) is 43.3 Å². The molecule has 0 saturated heterocycles. The summed E-state index contributed by atoms with van der Waals surface area (Å²) < 4.78 is 0. The zero-order valence-corrected chi connectivity index (χ0v) is 19.2. The van der Waals surface area contributed by atoms with Crippen LogP contribution in [0.5, 0.6) is 0 Å². The van der Waals surface area contributed by atoms with Crippen LogP contribution in [-0.2, 0) is 4.79 Å². The van der Waals surface area contributed by atoms with Crippen LogP contribution in [0.4, 0.5) is 11.5 Å². The van der Waals surface area contributed by atoms with Crippen LogP contribution in [0.1, 0.15) is 38.0 Å². The van der Waals surface area contributed by atoms with E-state index in [9.17, 15) is 24.3 Å². The smallest absolute Gasteiger partial charge is 0.336 e. The highest BCUT2D eigenvalue weighted by atomic mass is 35.5. The molecule has 0 saturated carbocycles.